The molecule has 0 amide bonds. The highest BCUT2D eigenvalue weighted by atomic mass is 14.6. The van der Waals surface area contributed by atoms with Crippen LogP contribution in [-0.2, 0) is 0 Å². The van der Waals surface area contributed by atoms with Gasteiger partial charge < -0.3 is 0 Å². The van der Waals surface area contributed by atoms with Gasteiger partial charge in [0.25, 0.3) is 0 Å². The van der Waals surface area contributed by atoms with Gasteiger partial charge in [-0.05, 0) is 61.7 Å². The Labute approximate surface area is 93.1 Å². The van der Waals surface area contributed by atoms with Crippen LogP contribution >= 0.6 is 0 Å². The summed E-state index contributed by atoms with van der Waals surface area (Å²) in [6.45, 7) is 0. The van der Waals surface area contributed by atoms with Crippen molar-refractivity contribution in [2.45, 2.75) is 51.4 Å². The third-order valence-electron chi connectivity index (χ3n) is 5.87. The minimum atomic E-state index is 1.04. The number of allylic oxidation sites excluding steroid dienone is 2. The van der Waals surface area contributed by atoms with Crippen molar-refractivity contribution in [3.05, 3.63) is 11.6 Å². The first-order valence-electron chi connectivity index (χ1n) is 7.14. The van der Waals surface area contributed by atoms with Crippen molar-refractivity contribution in [2.75, 3.05) is 0 Å². The standard InChI is InChI=1S/C15H22/c1-2-7-13-11(4-1)9-14-10-5-3-6-12(8-10)15(13)14/h9-10,12-15H,1-8H2/t10-,12?,13?,14?,15?/m1/s1. The van der Waals surface area contributed by atoms with E-state index in [2.05, 4.69) is 6.08 Å². The molecule has 15 heavy (non-hydrogen) atoms. The van der Waals surface area contributed by atoms with Crippen LogP contribution in [0, 0.1) is 29.6 Å². The van der Waals surface area contributed by atoms with Gasteiger partial charge in [0.1, 0.15) is 0 Å². The molecule has 0 aromatic heterocycles. The number of hydrogen-bond acceptors (Lipinski definition) is 0. The summed E-state index contributed by atoms with van der Waals surface area (Å²) in [7, 11) is 0. The highest BCUT2D eigenvalue weighted by Gasteiger charge is 2.51. The fourth-order valence-corrected chi connectivity index (χ4v) is 5.40. The minimum Gasteiger partial charge on any atom is -0.0813 e. The summed E-state index contributed by atoms with van der Waals surface area (Å²) in [5, 5.41) is 0. The highest BCUT2D eigenvalue weighted by Crippen LogP contribution is 2.60. The molecule has 3 saturated carbocycles. The van der Waals surface area contributed by atoms with Crippen LogP contribution in [0.15, 0.2) is 11.6 Å². The van der Waals surface area contributed by atoms with E-state index < -0.39 is 0 Å². The lowest BCUT2D eigenvalue weighted by atomic mass is 9.74. The Hall–Kier alpha value is -0.260. The van der Waals surface area contributed by atoms with Crippen LogP contribution in [0.2, 0.25) is 0 Å². The molecule has 4 aliphatic rings. The number of hydrogen-bond donors (Lipinski definition) is 0. The van der Waals surface area contributed by atoms with Gasteiger partial charge in [0, 0.05) is 0 Å². The Morgan fingerprint density at radius 2 is 1.87 bits per heavy atom. The molecule has 82 valence electrons. The second-order valence-electron chi connectivity index (χ2n) is 6.44. The number of rotatable bonds is 0. The van der Waals surface area contributed by atoms with Gasteiger partial charge in [-0.2, -0.15) is 0 Å². The van der Waals surface area contributed by atoms with Crippen LogP contribution in [0.5, 0.6) is 0 Å². The lowest BCUT2D eigenvalue weighted by Gasteiger charge is -2.30. The fourth-order valence-electron chi connectivity index (χ4n) is 5.40. The molecule has 4 rings (SSSR count). The molecule has 4 unspecified atom stereocenters. The molecule has 0 nitrogen and oxygen atoms in total. The van der Waals surface area contributed by atoms with Crippen molar-refractivity contribution in [1.29, 1.82) is 0 Å². The molecule has 3 fully saturated rings. The van der Waals surface area contributed by atoms with Gasteiger partial charge in [-0.15, -0.1) is 0 Å². The summed E-state index contributed by atoms with van der Waals surface area (Å²) in [6, 6.07) is 0. The molecule has 0 aromatic carbocycles. The second kappa shape index (κ2) is 3.12. The lowest BCUT2D eigenvalue weighted by molar-refractivity contribution is 0.241. The van der Waals surface area contributed by atoms with E-state index in [0.717, 1.165) is 29.6 Å². The summed E-state index contributed by atoms with van der Waals surface area (Å²) in [5.41, 5.74) is 1.90. The van der Waals surface area contributed by atoms with Crippen LogP contribution < -0.4 is 0 Å². The van der Waals surface area contributed by atoms with E-state index in [9.17, 15) is 0 Å². The Morgan fingerprint density at radius 3 is 2.87 bits per heavy atom. The normalized spacial score (nSPS) is 52.3. The molecule has 0 aromatic rings. The summed E-state index contributed by atoms with van der Waals surface area (Å²) in [6.07, 6.45) is 15.0. The molecule has 0 heterocycles. The zero-order valence-corrected chi connectivity index (χ0v) is 9.62. The van der Waals surface area contributed by atoms with Crippen molar-refractivity contribution >= 4 is 0 Å². The van der Waals surface area contributed by atoms with Crippen molar-refractivity contribution in [1.82, 2.24) is 0 Å². The molecular weight excluding hydrogens is 180 g/mol. The molecule has 0 radical (unpaired) electrons. The van der Waals surface area contributed by atoms with E-state index in [1.807, 2.05) is 5.57 Å². The van der Waals surface area contributed by atoms with Crippen LogP contribution in [0.4, 0.5) is 0 Å². The van der Waals surface area contributed by atoms with E-state index in [-0.39, 0.29) is 0 Å². The Morgan fingerprint density at radius 1 is 0.933 bits per heavy atom. The second-order valence-corrected chi connectivity index (χ2v) is 6.44. The lowest BCUT2D eigenvalue weighted by Crippen LogP contribution is -2.21. The topological polar surface area (TPSA) is 0 Å². The average Bonchev–Trinajstić information content (AvgIpc) is 2.77. The van der Waals surface area contributed by atoms with Crippen molar-refractivity contribution in [3.63, 3.8) is 0 Å². The molecule has 2 bridgehead atoms. The van der Waals surface area contributed by atoms with E-state index in [0.29, 0.717) is 0 Å². The van der Waals surface area contributed by atoms with Gasteiger partial charge in [-0.1, -0.05) is 30.9 Å². The molecule has 0 saturated heterocycles. The maximum absolute atomic E-state index is 2.75. The van der Waals surface area contributed by atoms with Crippen LogP contribution in [0.3, 0.4) is 0 Å². The Kier molecular flexibility index (Phi) is 1.84. The predicted octanol–water partition coefficient (Wildman–Crippen LogP) is 4.17. The maximum atomic E-state index is 2.75. The predicted molar refractivity (Wildman–Crippen MR) is 62.5 cm³/mol. The van der Waals surface area contributed by atoms with Gasteiger partial charge in [0.2, 0.25) is 0 Å². The molecule has 0 aliphatic heterocycles. The maximum Gasteiger partial charge on any atom is -0.0166 e. The average molecular weight is 202 g/mol. The van der Waals surface area contributed by atoms with Gasteiger partial charge in [0.05, 0.1) is 0 Å². The minimum absolute atomic E-state index is 1.04. The Balaban J connectivity index is 1.70. The number of fused-ring (bicyclic) bond motifs is 7. The molecular formula is C15H22. The molecule has 0 heteroatoms. The zero-order valence-electron chi connectivity index (χ0n) is 9.62. The third-order valence-corrected chi connectivity index (χ3v) is 5.87. The highest BCUT2D eigenvalue weighted by molar-refractivity contribution is 5.24. The first-order valence-corrected chi connectivity index (χ1v) is 7.14. The largest absolute Gasteiger partial charge is 0.0813 e. The van der Waals surface area contributed by atoms with Gasteiger partial charge >= 0.3 is 0 Å². The zero-order chi connectivity index (χ0) is 9.83. The van der Waals surface area contributed by atoms with Crippen LogP contribution in [-0.4, -0.2) is 0 Å². The molecule has 0 spiro atoms. The van der Waals surface area contributed by atoms with E-state index in [1.54, 1.807) is 19.3 Å². The summed E-state index contributed by atoms with van der Waals surface area (Å²) in [4.78, 5) is 0. The Bertz CT molecular complexity index is 301. The molecule has 0 N–H and O–H groups in total. The third kappa shape index (κ3) is 1.14. The summed E-state index contributed by atoms with van der Waals surface area (Å²) >= 11 is 0. The van der Waals surface area contributed by atoms with Crippen molar-refractivity contribution < 1.29 is 0 Å². The summed E-state index contributed by atoms with van der Waals surface area (Å²) < 4.78 is 0. The first kappa shape index (κ1) is 8.84. The fraction of sp³-hybridized carbons (Fsp3) is 0.867. The monoisotopic (exact) mass is 202 g/mol. The molecule has 5 atom stereocenters. The van der Waals surface area contributed by atoms with E-state index in [4.69, 9.17) is 0 Å². The van der Waals surface area contributed by atoms with Gasteiger partial charge in [0.15, 0.2) is 0 Å². The van der Waals surface area contributed by atoms with Crippen LogP contribution in [0.1, 0.15) is 51.4 Å². The van der Waals surface area contributed by atoms with E-state index >= 15 is 0 Å². The quantitative estimate of drug-likeness (QED) is 0.517. The summed E-state index contributed by atoms with van der Waals surface area (Å²) in [5.74, 6) is 5.44. The smallest absolute Gasteiger partial charge is 0.0166 e. The van der Waals surface area contributed by atoms with E-state index in [1.165, 1.54) is 32.1 Å². The van der Waals surface area contributed by atoms with Gasteiger partial charge in [-0.25, -0.2) is 0 Å². The first-order chi connectivity index (χ1) is 7.43. The SMILES string of the molecule is C1=C2CCCCC2C2C3CCC[C@H](C3)C12. The molecule has 4 aliphatic carbocycles. The van der Waals surface area contributed by atoms with Crippen LogP contribution in [0.25, 0.3) is 0 Å². The van der Waals surface area contributed by atoms with Crippen molar-refractivity contribution in [2.24, 2.45) is 29.6 Å². The van der Waals surface area contributed by atoms with Gasteiger partial charge in [-0.3, -0.25) is 0 Å². The van der Waals surface area contributed by atoms with Crippen molar-refractivity contribution in [3.8, 4) is 0 Å².